The molecule has 2 unspecified atom stereocenters. The Hall–Kier alpha value is -0.110. The maximum Gasteiger partial charge on any atom is 0.249 e. The second-order valence-electron chi connectivity index (χ2n) is 5.87. The lowest BCUT2D eigenvalue weighted by molar-refractivity contribution is -0.136. The molecule has 2 atom stereocenters. The topological polar surface area (TPSA) is 40.6 Å². The third-order valence-electron chi connectivity index (χ3n) is 4.34. The Labute approximate surface area is 164 Å². The number of likely N-dealkylation sites (N-methyl/N-ethyl adjacent to an activating group) is 1. The van der Waals surface area contributed by atoms with Gasteiger partial charge in [0, 0.05) is 30.7 Å². The molecular formula is C15H14Br3ClN2O2. The number of benzene rings is 1. The largest absolute Gasteiger partial charge is 0.332 e. The van der Waals surface area contributed by atoms with Crippen LogP contribution in [0.5, 0.6) is 0 Å². The fraction of sp³-hybridized carbons (Fsp3) is 0.467. The van der Waals surface area contributed by atoms with E-state index in [1.54, 1.807) is 29.0 Å². The standard InChI is InChI=1S/C15H14Br3ClN2O2/c1-20(13(23)14(16)8-15(14,17)18)11-5-6-21(12(11)22)10-4-2-3-9(19)7-10/h2-4,7,11H,5-6,8H2,1H3. The van der Waals surface area contributed by atoms with Gasteiger partial charge >= 0.3 is 0 Å². The molecule has 0 spiro atoms. The van der Waals surface area contributed by atoms with E-state index in [4.69, 9.17) is 11.6 Å². The molecule has 8 heteroatoms. The van der Waals surface area contributed by atoms with E-state index in [0.717, 1.165) is 5.69 Å². The van der Waals surface area contributed by atoms with E-state index >= 15 is 0 Å². The molecule has 124 valence electrons. The molecule has 4 nitrogen and oxygen atoms in total. The highest BCUT2D eigenvalue weighted by atomic mass is 79.9. The highest BCUT2D eigenvalue weighted by molar-refractivity contribution is 9.26. The Morgan fingerprint density at radius 1 is 1.39 bits per heavy atom. The van der Waals surface area contributed by atoms with Gasteiger partial charge in [-0.05, 0) is 24.6 Å². The Morgan fingerprint density at radius 3 is 2.61 bits per heavy atom. The van der Waals surface area contributed by atoms with E-state index in [2.05, 4.69) is 47.8 Å². The lowest BCUT2D eigenvalue weighted by Crippen LogP contribution is -2.47. The third kappa shape index (κ3) is 2.98. The first-order valence-corrected chi connectivity index (χ1v) is 9.84. The zero-order chi connectivity index (χ0) is 17.0. The van der Waals surface area contributed by atoms with E-state index in [-0.39, 0.29) is 11.8 Å². The molecule has 1 aliphatic heterocycles. The molecule has 0 N–H and O–H groups in total. The molecule has 2 amide bonds. The van der Waals surface area contributed by atoms with Gasteiger partial charge in [0.05, 0.1) is 0 Å². The van der Waals surface area contributed by atoms with Crippen molar-refractivity contribution in [3.8, 4) is 0 Å². The monoisotopic (exact) mass is 526 g/mol. The van der Waals surface area contributed by atoms with Gasteiger partial charge < -0.3 is 9.80 Å². The summed E-state index contributed by atoms with van der Waals surface area (Å²) in [5.41, 5.74) is 0.765. The highest BCUT2D eigenvalue weighted by Crippen LogP contribution is 2.65. The van der Waals surface area contributed by atoms with Gasteiger partial charge in [0.1, 0.15) is 13.6 Å². The van der Waals surface area contributed by atoms with E-state index in [1.807, 2.05) is 12.1 Å². The van der Waals surface area contributed by atoms with Crippen LogP contribution in [0, 0.1) is 0 Å². The number of rotatable bonds is 3. The normalized spacial score (nSPS) is 28.8. The minimum atomic E-state index is -0.696. The molecule has 0 radical (unpaired) electrons. The fourth-order valence-electron chi connectivity index (χ4n) is 2.84. The van der Waals surface area contributed by atoms with Crippen molar-refractivity contribution in [2.24, 2.45) is 0 Å². The highest BCUT2D eigenvalue weighted by Gasteiger charge is 2.70. The zero-order valence-corrected chi connectivity index (χ0v) is 17.7. The van der Waals surface area contributed by atoms with Gasteiger partial charge in [0.15, 0.2) is 0 Å². The number of hydrogen-bond acceptors (Lipinski definition) is 2. The Morgan fingerprint density at radius 2 is 2.04 bits per heavy atom. The summed E-state index contributed by atoms with van der Waals surface area (Å²) < 4.78 is -1.13. The fourth-order valence-corrected chi connectivity index (χ4v) is 5.66. The Bertz CT molecular complexity index is 684. The molecular weight excluding hydrogens is 515 g/mol. The van der Waals surface area contributed by atoms with Crippen LogP contribution in [-0.2, 0) is 9.59 Å². The SMILES string of the molecule is CN(C(=O)C1(Br)CC1(Br)Br)C1CCN(c2cccc(Cl)c2)C1=O. The van der Waals surface area contributed by atoms with Crippen LogP contribution in [0.25, 0.3) is 0 Å². The number of alkyl halides is 3. The molecule has 2 fully saturated rings. The summed E-state index contributed by atoms with van der Waals surface area (Å²) in [4.78, 5) is 28.7. The van der Waals surface area contributed by atoms with Crippen molar-refractivity contribution >= 4 is 76.9 Å². The number of carbonyl (C=O) groups excluding carboxylic acids is 2. The molecule has 0 aromatic heterocycles. The lowest BCUT2D eigenvalue weighted by Gasteiger charge is -2.26. The molecule has 1 aromatic rings. The van der Waals surface area contributed by atoms with Crippen LogP contribution >= 0.6 is 59.4 Å². The predicted octanol–water partition coefficient (Wildman–Crippen LogP) is 3.93. The zero-order valence-electron chi connectivity index (χ0n) is 12.2. The van der Waals surface area contributed by atoms with Crippen molar-refractivity contribution in [2.75, 3.05) is 18.5 Å². The van der Waals surface area contributed by atoms with Crippen molar-refractivity contribution in [3.05, 3.63) is 29.3 Å². The first-order valence-electron chi connectivity index (χ1n) is 7.08. The summed E-state index contributed by atoms with van der Waals surface area (Å²) >= 11 is 16.4. The minimum Gasteiger partial charge on any atom is -0.332 e. The second kappa shape index (κ2) is 6.00. The number of carbonyl (C=O) groups is 2. The van der Waals surface area contributed by atoms with Gasteiger partial charge in [-0.1, -0.05) is 65.5 Å². The summed E-state index contributed by atoms with van der Waals surface area (Å²) in [6.45, 7) is 0.574. The Balaban J connectivity index is 1.76. The molecule has 1 saturated carbocycles. The van der Waals surface area contributed by atoms with E-state index in [0.29, 0.717) is 24.4 Å². The van der Waals surface area contributed by atoms with Crippen LogP contribution in [0.1, 0.15) is 12.8 Å². The van der Waals surface area contributed by atoms with Crippen molar-refractivity contribution in [1.29, 1.82) is 0 Å². The molecule has 3 rings (SSSR count). The second-order valence-corrected chi connectivity index (χ2v) is 11.4. The first-order chi connectivity index (χ1) is 10.7. The van der Waals surface area contributed by atoms with E-state index < -0.39 is 13.6 Å². The van der Waals surface area contributed by atoms with Gasteiger partial charge in [-0.2, -0.15) is 0 Å². The molecule has 1 saturated heterocycles. The molecule has 0 bridgehead atoms. The average molecular weight is 529 g/mol. The van der Waals surface area contributed by atoms with Gasteiger partial charge in [-0.15, -0.1) is 0 Å². The van der Waals surface area contributed by atoms with Crippen molar-refractivity contribution in [3.63, 3.8) is 0 Å². The van der Waals surface area contributed by atoms with Gasteiger partial charge in [-0.25, -0.2) is 0 Å². The molecule has 1 aromatic carbocycles. The predicted molar refractivity (Wildman–Crippen MR) is 102 cm³/mol. The van der Waals surface area contributed by atoms with Gasteiger partial charge in [-0.3, -0.25) is 9.59 Å². The van der Waals surface area contributed by atoms with Crippen LogP contribution in [0.2, 0.25) is 5.02 Å². The summed E-state index contributed by atoms with van der Waals surface area (Å²) in [5, 5.41) is 0.587. The Kier molecular flexibility index (Phi) is 4.62. The quantitative estimate of drug-likeness (QED) is 0.557. The van der Waals surface area contributed by atoms with Gasteiger partial charge in [0.2, 0.25) is 11.8 Å². The number of nitrogens with zero attached hydrogens (tertiary/aromatic N) is 2. The van der Waals surface area contributed by atoms with Crippen LogP contribution in [0.4, 0.5) is 5.69 Å². The number of halogens is 4. The molecule has 1 heterocycles. The average Bonchev–Trinajstić information content (AvgIpc) is 2.81. The van der Waals surface area contributed by atoms with E-state index in [1.165, 1.54) is 0 Å². The molecule has 2 aliphatic rings. The number of hydrogen-bond donors (Lipinski definition) is 0. The maximum absolute atomic E-state index is 12.7. The van der Waals surface area contributed by atoms with Crippen LogP contribution in [0.15, 0.2) is 24.3 Å². The van der Waals surface area contributed by atoms with Gasteiger partial charge in [0.25, 0.3) is 0 Å². The lowest BCUT2D eigenvalue weighted by atomic mass is 10.2. The molecule has 23 heavy (non-hydrogen) atoms. The summed E-state index contributed by atoms with van der Waals surface area (Å²) in [7, 11) is 1.68. The molecule has 1 aliphatic carbocycles. The summed E-state index contributed by atoms with van der Waals surface area (Å²) in [6, 6.07) is 6.75. The number of amides is 2. The van der Waals surface area contributed by atoms with E-state index in [9.17, 15) is 9.59 Å². The third-order valence-corrected chi connectivity index (χ3v) is 8.85. The summed E-state index contributed by atoms with van der Waals surface area (Å²) in [5.74, 6) is -0.174. The number of anilines is 1. The van der Waals surface area contributed by atoms with Crippen molar-refractivity contribution < 1.29 is 9.59 Å². The maximum atomic E-state index is 12.7. The van der Waals surface area contributed by atoms with Crippen LogP contribution in [-0.4, -0.2) is 43.9 Å². The first kappa shape index (κ1) is 17.7. The minimum absolute atomic E-state index is 0.0744. The summed E-state index contributed by atoms with van der Waals surface area (Å²) in [6.07, 6.45) is 1.23. The van der Waals surface area contributed by atoms with Crippen LogP contribution in [0.3, 0.4) is 0 Å². The smallest absolute Gasteiger partial charge is 0.249 e. The van der Waals surface area contributed by atoms with Crippen molar-refractivity contribution in [1.82, 2.24) is 4.90 Å². The van der Waals surface area contributed by atoms with Crippen molar-refractivity contribution in [2.45, 2.75) is 26.4 Å². The van der Waals surface area contributed by atoms with Crippen LogP contribution < -0.4 is 4.90 Å².